The second kappa shape index (κ2) is 9.03. The van der Waals surface area contributed by atoms with Crippen LogP contribution in [-0.4, -0.2) is 43.8 Å². The Morgan fingerprint density at radius 3 is 2.37 bits per heavy atom. The minimum absolute atomic E-state index is 0.0657. The summed E-state index contributed by atoms with van der Waals surface area (Å²) in [6.45, 7) is 5.74. The number of halogens is 1. The van der Waals surface area contributed by atoms with Gasteiger partial charge in [0.1, 0.15) is 0 Å². The first-order chi connectivity index (χ1) is 12.6. The molecule has 1 heterocycles. The molecule has 1 atom stereocenters. The Bertz CT molecular complexity index is 804. The molecule has 1 N–H and O–H groups in total. The van der Waals surface area contributed by atoms with Crippen molar-refractivity contribution < 1.29 is 22.7 Å². The summed E-state index contributed by atoms with van der Waals surface area (Å²) in [6, 6.07) is 4.18. The van der Waals surface area contributed by atoms with Crippen molar-refractivity contribution in [3.63, 3.8) is 0 Å². The summed E-state index contributed by atoms with van der Waals surface area (Å²) in [5.74, 6) is -1.44. The molecule has 1 fully saturated rings. The van der Waals surface area contributed by atoms with Crippen LogP contribution >= 0.6 is 11.6 Å². The number of nitrogens with one attached hydrogen (secondary N) is 1. The Kier molecular flexibility index (Phi) is 7.25. The first-order valence-electron chi connectivity index (χ1n) is 8.94. The molecule has 0 spiro atoms. The number of benzene rings is 1. The number of anilines is 1. The maximum absolute atomic E-state index is 12.8. The van der Waals surface area contributed by atoms with Crippen LogP contribution in [0.4, 0.5) is 5.69 Å². The number of rotatable bonds is 6. The van der Waals surface area contributed by atoms with Gasteiger partial charge < -0.3 is 10.1 Å². The van der Waals surface area contributed by atoms with Crippen LogP contribution in [-0.2, 0) is 24.3 Å². The average Bonchev–Trinajstić information content (AvgIpc) is 2.63. The van der Waals surface area contributed by atoms with E-state index in [0.29, 0.717) is 13.1 Å². The summed E-state index contributed by atoms with van der Waals surface area (Å²) in [5, 5.41) is 2.74. The largest absolute Gasteiger partial charge is 0.452 e. The topological polar surface area (TPSA) is 92.8 Å². The van der Waals surface area contributed by atoms with Gasteiger partial charge in [0.2, 0.25) is 10.0 Å². The van der Waals surface area contributed by atoms with Gasteiger partial charge in [-0.1, -0.05) is 31.9 Å². The van der Waals surface area contributed by atoms with Gasteiger partial charge in [-0.05, 0) is 38.0 Å². The predicted molar refractivity (Wildman–Crippen MR) is 103 cm³/mol. The molecule has 27 heavy (non-hydrogen) atoms. The Morgan fingerprint density at radius 1 is 1.15 bits per heavy atom. The molecule has 0 saturated carbocycles. The van der Waals surface area contributed by atoms with E-state index in [-0.39, 0.29) is 21.5 Å². The summed E-state index contributed by atoms with van der Waals surface area (Å²) < 4.78 is 32.1. The van der Waals surface area contributed by atoms with Gasteiger partial charge in [0.15, 0.2) is 6.10 Å². The SMILES string of the molecule is CC(C)C(=O)OC(C)C(=O)Nc1cc(S(=O)(=O)N2CCCCC2)ccc1Cl. The zero-order chi connectivity index (χ0) is 20.2. The van der Waals surface area contributed by atoms with Crippen molar-refractivity contribution >= 4 is 39.2 Å². The van der Waals surface area contributed by atoms with Crippen LogP contribution in [0.3, 0.4) is 0 Å². The van der Waals surface area contributed by atoms with E-state index in [9.17, 15) is 18.0 Å². The monoisotopic (exact) mass is 416 g/mol. The molecule has 9 heteroatoms. The molecule has 0 aromatic heterocycles. The lowest BCUT2D eigenvalue weighted by atomic mass is 10.2. The van der Waals surface area contributed by atoms with Gasteiger partial charge in [-0.2, -0.15) is 4.31 Å². The molecular weight excluding hydrogens is 392 g/mol. The van der Waals surface area contributed by atoms with E-state index >= 15 is 0 Å². The quantitative estimate of drug-likeness (QED) is 0.719. The van der Waals surface area contributed by atoms with Gasteiger partial charge >= 0.3 is 5.97 Å². The molecule has 150 valence electrons. The van der Waals surface area contributed by atoms with Crippen molar-refractivity contribution in [2.45, 2.75) is 51.0 Å². The minimum Gasteiger partial charge on any atom is -0.452 e. The van der Waals surface area contributed by atoms with E-state index in [1.54, 1.807) is 13.8 Å². The second-order valence-electron chi connectivity index (χ2n) is 6.83. The Hall–Kier alpha value is -1.64. The molecule has 1 amide bonds. The van der Waals surface area contributed by atoms with Crippen LogP contribution < -0.4 is 5.32 Å². The number of hydrogen-bond acceptors (Lipinski definition) is 5. The fourth-order valence-corrected chi connectivity index (χ4v) is 4.32. The number of piperidine rings is 1. The van der Waals surface area contributed by atoms with Gasteiger partial charge in [-0.15, -0.1) is 0 Å². The van der Waals surface area contributed by atoms with Crippen LogP contribution in [0.25, 0.3) is 0 Å². The van der Waals surface area contributed by atoms with Crippen LogP contribution in [0.2, 0.25) is 5.02 Å². The first kappa shape index (κ1) is 21.7. The molecule has 1 unspecified atom stereocenters. The number of hydrogen-bond donors (Lipinski definition) is 1. The molecule has 0 bridgehead atoms. The summed E-state index contributed by atoms with van der Waals surface area (Å²) in [5.41, 5.74) is 0.159. The third kappa shape index (κ3) is 5.43. The van der Waals surface area contributed by atoms with Crippen molar-refractivity contribution in [3.05, 3.63) is 23.2 Å². The van der Waals surface area contributed by atoms with Crippen molar-refractivity contribution in [2.75, 3.05) is 18.4 Å². The minimum atomic E-state index is -3.65. The van der Waals surface area contributed by atoms with E-state index in [0.717, 1.165) is 19.3 Å². The standard InChI is InChI=1S/C18H25ClN2O5S/c1-12(2)18(23)26-13(3)17(22)20-16-11-14(7-8-15(16)19)27(24,25)21-9-5-4-6-10-21/h7-8,11-13H,4-6,9-10H2,1-3H3,(H,20,22). The van der Waals surface area contributed by atoms with Crippen LogP contribution in [0.1, 0.15) is 40.0 Å². The summed E-state index contributed by atoms with van der Waals surface area (Å²) >= 11 is 6.11. The van der Waals surface area contributed by atoms with Crippen molar-refractivity contribution in [2.24, 2.45) is 5.92 Å². The fraction of sp³-hybridized carbons (Fsp3) is 0.556. The summed E-state index contributed by atoms with van der Waals surface area (Å²) in [4.78, 5) is 24.0. The lowest BCUT2D eigenvalue weighted by Crippen LogP contribution is -2.35. The Labute approximate surface area is 165 Å². The van der Waals surface area contributed by atoms with Crippen LogP contribution in [0.5, 0.6) is 0 Å². The molecule has 0 radical (unpaired) electrons. The molecule has 1 aliphatic heterocycles. The van der Waals surface area contributed by atoms with Gasteiger partial charge in [0.05, 0.1) is 21.5 Å². The lowest BCUT2D eigenvalue weighted by Gasteiger charge is -2.26. The highest BCUT2D eigenvalue weighted by molar-refractivity contribution is 7.89. The number of amides is 1. The van der Waals surface area contributed by atoms with E-state index in [2.05, 4.69) is 5.32 Å². The van der Waals surface area contributed by atoms with Crippen LogP contribution in [0.15, 0.2) is 23.1 Å². The highest BCUT2D eigenvalue weighted by Gasteiger charge is 2.27. The number of carbonyl (C=O) groups excluding carboxylic acids is 2. The summed E-state index contributed by atoms with van der Waals surface area (Å²) in [7, 11) is -3.65. The molecule has 7 nitrogen and oxygen atoms in total. The third-order valence-corrected chi connectivity index (χ3v) is 6.51. The van der Waals surface area contributed by atoms with Crippen molar-refractivity contribution in [1.29, 1.82) is 0 Å². The van der Waals surface area contributed by atoms with E-state index in [1.807, 2.05) is 0 Å². The molecule has 1 aromatic carbocycles. The number of ether oxygens (including phenoxy) is 1. The zero-order valence-corrected chi connectivity index (χ0v) is 17.3. The van der Waals surface area contributed by atoms with Crippen molar-refractivity contribution in [3.8, 4) is 0 Å². The normalized spacial score (nSPS) is 16.8. The molecule has 0 aliphatic carbocycles. The van der Waals surface area contributed by atoms with Gasteiger partial charge in [0.25, 0.3) is 5.91 Å². The third-order valence-electron chi connectivity index (χ3n) is 4.28. The van der Waals surface area contributed by atoms with E-state index in [1.165, 1.54) is 29.4 Å². The molecule has 1 saturated heterocycles. The van der Waals surface area contributed by atoms with Crippen molar-refractivity contribution in [1.82, 2.24) is 4.31 Å². The number of sulfonamides is 1. The fourth-order valence-electron chi connectivity index (χ4n) is 2.61. The number of esters is 1. The number of nitrogens with zero attached hydrogens (tertiary/aromatic N) is 1. The first-order valence-corrected chi connectivity index (χ1v) is 10.8. The van der Waals surface area contributed by atoms with Crippen LogP contribution in [0, 0.1) is 5.92 Å². The molecule has 2 rings (SSSR count). The lowest BCUT2D eigenvalue weighted by molar-refractivity contribution is -0.156. The molecule has 1 aromatic rings. The second-order valence-corrected chi connectivity index (χ2v) is 9.17. The van der Waals surface area contributed by atoms with Gasteiger partial charge in [-0.3, -0.25) is 9.59 Å². The summed E-state index contributed by atoms with van der Waals surface area (Å²) in [6.07, 6.45) is 1.64. The maximum Gasteiger partial charge on any atom is 0.309 e. The van der Waals surface area contributed by atoms with E-state index in [4.69, 9.17) is 16.3 Å². The van der Waals surface area contributed by atoms with Gasteiger partial charge in [-0.25, -0.2) is 8.42 Å². The smallest absolute Gasteiger partial charge is 0.309 e. The predicted octanol–water partition coefficient (Wildman–Crippen LogP) is 3.04. The zero-order valence-electron chi connectivity index (χ0n) is 15.7. The molecular formula is C18H25ClN2O5S. The maximum atomic E-state index is 12.8. The van der Waals surface area contributed by atoms with E-state index < -0.39 is 28.0 Å². The highest BCUT2D eigenvalue weighted by Crippen LogP contribution is 2.28. The number of carbonyl (C=O) groups is 2. The van der Waals surface area contributed by atoms with Gasteiger partial charge in [0, 0.05) is 13.1 Å². The highest BCUT2D eigenvalue weighted by atomic mass is 35.5. The Balaban J connectivity index is 2.17. The molecule has 1 aliphatic rings. The average molecular weight is 417 g/mol. The Morgan fingerprint density at radius 2 is 1.78 bits per heavy atom.